The zero-order valence-corrected chi connectivity index (χ0v) is 11.0. The first kappa shape index (κ1) is 14.8. The Balaban J connectivity index is 4.31. The molecule has 0 radical (unpaired) electrons. The van der Waals surface area contributed by atoms with E-state index in [1.54, 1.807) is 0 Å². The molecule has 0 aliphatic rings. The Kier molecular flexibility index (Phi) is 7.04. The molecular weight excluding hydrogens is 232 g/mol. The summed E-state index contributed by atoms with van der Waals surface area (Å²) in [5.74, 6) is 0.217. The van der Waals surface area contributed by atoms with Crippen molar-refractivity contribution in [2.24, 2.45) is 5.73 Å². The summed E-state index contributed by atoms with van der Waals surface area (Å²) < 4.78 is 25.0. The van der Waals surface area contributed by atoms with Gasteiger partial charge < -0.3 is 5.73 Å². The minimum absolute atomic E-state index is 0.217. The molecule has 0 aromatic rings. The second kappa shape index (κ2) is 7.14. The molecule has 0 atom stereocenters. The average molecular weight is 252 g/mol. The Labute approximate surface area is 97.9 Å². The second-order valence-electron chi connectivity index (χ2n) is 3.38. The van der Waals surface area contributed by atoms with Crippen molar-refractivity contribution in [3.63, 3.8) is 0 Å². The lowest BCUT2D eigenvalue weighted by Gasteiger charge is -2.19. The average Bonchev–Trinajstić information content (AvgIpc) is 2.15. The Morgan fingerprint density at radius 2 is 2.00 bits per heavy atom. The summed E-state index contributed by atoms with van der Waals surface area (Å²) in [5.41, 5.74) is 5.35. The van der Waals surface area contributed by atoms with Gasteiger partial charge in [0, 0.05) is 19.5 Å². The van der Waals surface area contributed by atoms with E-state index in [1.807, 2.05) is 13.8 Å². The molecule has 0 aliphatic heterocycles. The van der Waals surface area contributed by atoms with Crippen molar-refractivity contribution in [2.45, 2.75) is 33.1 Å². The molecule has 0 unspecified atom stereocenters. The van der Waals surface area contributed by atoms with Crippen molar-refractivity contribution in [1.82, 2.24) is 4.31 Å². The van der Waals surface area contributed by atoms with Gasteiger partial charge in [-0.3, -0.25) is 0 Å². The lowest BCUT2D eigenvalue weighted by Crippen LogP contribution is -2.35. The van der Waals surface area contributed by atoms with Gasteiger partial charge in [-0.25, -0.2) is 12.7 Å². The Bertz CT molecular complexity index is 288. The van der Waals surface area contributed by atoms with Crippen LogP contribution >= 0.6 is 12.2 Å². The van der Waals surface area contributed by atoms with Crippen LogP contribution in [0.25, 0.3) is 0 Å². The first-order valence-electron chi connectivity index (χ1n) is 5.20. The van der Waals surface area contributed by atoms with Gasteiger partial charge in [0.25, 0.3) is 0 Å². The summed E-state index contributed by atoms with van der Waals surface area (Å²) in [6.07, 6.45) is 2.03. The summed E-state index contributed by atoms with van der Waals surface area (Å²) >= 11 is 4.73. The molecule has 0 fully saturated rings. The molecule has 0 spiro atoms. The zero-order chi connectivity index (χ0) is 11.9. The molecule has 0 aromatic carbocycles. The van der Waals surface area contributed by atoms with Crippen LogP contribution < -0.4 is 5.73 Å². The van der Waals surface area contributed by atoms with E-state index < -0.39 is 10.0 Å². The normalized spacial score (nSPS) is 11.9. The van der Waals surface area contributed by atoms with Crippen LogP contribution in [-0.2, 0) is 10.0 Å². The van der Waals surface area contributed by atoms with E-state index in [0.717, 1.165) is 6.42 Å². The maximum atomic E-state index is 11.8. The van der Waals surface area contributed by atoms with E-state index >= 15 is 0 Å². The number of thiocarbonyl (C=S) groups is 1. The second-order valence-corrected chi connectivity index (χ2v) is 5.99. The van der Waals surface area contributed by atoms with Crippen LogP contribution in [0.5, 0.6) is 0 Å². The third kappa shape index (κ3) is 6.06. The third-order valence-electron chi connectivity index (χ3n) is 2.11. The van der Waals surface area contributed by atoms with E-state index in [1.165, 1.54) is 4.31 Å². The van der Waals surface area contributed by atoms with Gasteiger partial charge in [-0.05, 0) is 6.42 Å². The molecule has 0 amide bonds. The Hall–Kier alpha value is -0.200. The van der Waals surface area contributed by atoms with Gasteiger partial charge in [0.05, 0.1) is 10.7 Å². The molecule has 0 heterocycles. The molecule has 2 N–H and O–H groups in total. The molecule has 0 saturated carbocycles. The molecule has 0 rings (SSSR count). The highest BCUT2D eigenvalue weighted by molar-refractivity contribution is 7.89. The Morgan fingerprint density at radius 3 is 2.40 bits per heavy atom. The lowest BCUT2D eigenvalue weighted by molar-refractivity contribution is 0.436. The summed E-state index contributed by atoms with van der Waals surface area (Å²) in [7, 11) is -3.11. The quantitative estimate of drug-likeness (QED) is 0.657. The number of rotatable bonds is 8. The summed E-state index contributed by atoms with van der Waals surface area (Å²) in [6, 6.07) is 0. The van der Waals surface area contributed by atoms with Crippen LogP contribution in [0, 0.1) is 0 Å². The fourth-order valence-electron chi connectivity index (χ4n) is 1.18. The fraction of sp³-hybridized carbons (Fsp3) is 0.889. The molecule has 0 aliphatic carbocycles. The van der Waals surface area contributed by atoms with Crippen LogP contribution in [0.1, 0.15) is 33.1 Å². The fourth-order valence-corrected chi connectivity index (χ4v) is 2.95. The number of hydrogen-bond donors (Lipinski definition) is 1. The van der Waals surface area contributed by atoms with Crippen molar-refractivity contribution in [1.29, 1.82) is 0 Å². The van der Waals surface area contributed by atoms with Crippen molar-refractivity contribution >= 4 is 27.2 Å². The molecular formula is C9H20N2O2S2. The van der Waals surface area contributed by atoms with Crippen molar-refractivity contribution < 1.29 is 8.42 Å². The molecule has 90 valence electrons. The number of nitrogens with zero attached hydrogens (tertiary/aromatic N) is 1. The van der Waals surface area contributed by atoms with Gasteiger partial charge in [-0.2, -0.15) is 0 Å². The smallest absolute Gasteiger partial charge is 0.214 e. The van der Waals surface area contributed by atoms with Gasteiger partial charge in [-0.1, -0.05) is 32.5 Å². The number of sulfonamides is 1. The van der Waals surface area contributed by atoms with Gasteiger partial charge in [0.2, 0.25) is 10.0 Å². The standard InChI is InChI=1S/C9H20N2O2S2/c1-3-5-8-15(12,13)11(4-2)7-6-9(10)14/h3-8H2,1-2H3,(H2,10,14). The molecule has 15 heavy (non-hydrogen) atoms. The van der Waals surface area contributed by atoms with Gasteiger partial charge in [-0.15, -0.1) is 0 Å². The number of unbranched alkanes of at least 4 members (excludes halogenated alkanes) is 1. The first-order chi connectivity index (χ1) is 6.94. The number of nitrogens with two attached hydrogens (primary N) is 1. The van der Waals surface area contributed by atoms with E-state index in [2.05, 4.69) is 0 Å². The lowest BCUT2D eigenvalue weighted by atomic mass is 10.4. The summed E-state index contributed by atoms with van der Waals surface area (Å²) in [5, 5.41) is 0. The minimum Gasteiger partial charge on any atom is -0.393 e. The topological polar surface area (TPSA) is 63.4 Å². The molecule has 6 heteroatoms. The van der Waals surface area contributed by atoms with Crippen LogP contribution in [0.4, 0.5) is 0 Å². The van der Waals surface area contributed by atoms with Gasteiger partial charge in [0.1, 0.15) is 0 Å². The Morgan fingerprint density at radius 1 is 1.40 bits per heavy atom. The van der Waals surface area contributed by atoms with Crippen LogP contribution in [0.2, 0.25) is 0 Å². The summed E-state index contributed by atoms with van der Waals surface area (Å²) in [6.45, 7) is 4.68. The van der Waals surface area contributed by atoms with Crippen molar-refractivity contribution in [2.75, 3.05) is 18.8 Å². The largest absolute Gasteiger partial charge is 0.393 e. The predicted octanol–water partition coefficient (Wildman–Crippen LogP) is 1.11. The van der Waals surface area contributed by atoms with Crippen molar-refractivity contribution in [3.8, 4) is 0 Å². The van der Waals surface area contributed by atoms with Crippen LogP contribution in [-0.4, -0.2) is 36.6 Å². The highest BCUT2D eigenvalue weighted by Gasteiger charge is 2.19. The van der Waals surface area contributed by atoms with E-state index in [0.29, 0.717) is 30.9 Å². The number of hydrogen-bond acceptors (Lipinski definition) is 3. The van der Waals surface area contributed by atoms with Crippen molar-refractivity contribution in [3.05, 3.63) is 0 Å². The van der Waals surface area contributed by atoms with Gasteiger partial charge >= 0.3 is 0 Å². The molecule has 4 nitrogen and oxygen atoms in total. The first-order valence-corrected chi connectivity index (χ1v) is 7.22. The summed E-state index contributed by atoms with van der Waals surface area (Å²) in [4.78, 5) is 0.360. The maximum absolute atomic E-state index is 11.8. The monoisotopic (exact) mass is 252 g/mol. The highest BCUT2D eigenvalue weighted by Crippen LogP contribution is 2.05. The van der Waals surface area contributed by atoms with E-state index in [-0.39, 0.29) is 5.75 Å². The predicted molar refractivity (Wildman–Crippen MR) is 67.3 cm³/mol. The molecule has 0 bridgehead atoms. The SMILES string of the molecule is CCCCS(=O)(=O)N(CC)CCC(N)=S. The molecule has 0 saturated heterocycles. The third-order valence-corrected chi connectivity index (χ3v) is 4.35. The maximum Gasteiger partial charge on any atom is 0.214 e. The van der Waals surface area contributed by atoms with Crippen LogP contribution in [0.15, 0.2) is 0 Å². The van der Waals surface area contributed by atoms with Crippen LogP contribution in [0.3, 0.4) is 0 Å². The van der Waals surface area contributed by atoms with E-state index in [9.17, 15) is 8.42 Å². The highest BCUT2D eigenvalue weighted by atomic mass is 32.2. The zero-order valence-electron chi connectivity index (χ0n) is 9.40. The van der Waals surface area contributed by atoms with Gasteiger partial charge in [0.15, 0.2) is 0 Å². The molecule has 0 aromatic heterocycles. The minimum atomic E-state index is -3.11. The van der Waals surface area contributed by atoms with E-state index in [4.69, 9.17) is 18.0 Å².